The minimum Gasteiger partial charge on any atom is -0.355 e. The molecular formula is C14H19NO3S. The molecule has 0 heterocycles. The van der Waals surface area contributed by atoms with E-state index in [1.54, 1.807) is 6.07 Å². The summed E-state index contributed by atoms with van der Waals surface area (Å²) in [5, 5.41) is 2.68. The van der Waals surface area contributed by atoms with Crippen LogP contribution in [0, 0.1) is 12.8 Å². The second-order valence-electron chi connectivity index (χ2n) is 5.27. The number of hydrogen-bond donors (Lipinski definition) is 1. The zero-order chi connectivity index (χ0) is 13.9. The smallest absolute Gasteiger partial charge is 0.235 e. The Morgan fingerprint density at radius 2 is 2.11 bits per heavy atom. The number of sulfone groups is 1. The lowest BCUT2D eigenvalue weighted by Gasteiger charge is -2.06. The maximum atomic E-state index is 11.9. The van der Waals surface area contributed by atoms with Crippen molar-refractivity contribution in [3.63, 3.8) is 0 Å². The monoisotopic (exact) mass is 281 g/mol. The zero-order valence-electron chi connectivity index (χ0n) is 11.1. The van der Waals surface area contributed by atoms with Crippen molar-refractivity contribution in [2.45, 2.75) is 25.5 Å². The third-order valence-corrected chi connectivity index (χ3v) is 4.58. The van der Waals surface area contributed by atoms with Gasteiger partial charge in [0, 0.05) is 6.54 Å². The molecule has 1 amide bonds. The molecule has 1 aromatic carbocycles. The molecule has 104 valence electrons. The predicted octanol–water partition coefficient (Wildman–Crippen LogP) is 1.44. The number of carbonyl (C=O) groups is 1. The SMILES string of the molecule is Cc1cccc(CS(=O)(=O)CC(=O)NCC2CC2)c1. The minimum absolute atomic E-state index is 0.0778. The molecule has 0 unspecified atom stereocenters. The lowest BCUT2D eigenvalue weighted by atomic mass is 10.2. The Bertz CT molecular complexity index is 562. The van der Waals surface area contributed by atoms with Crippen LogP contribution in [-0.2, 0) is 20.4 Å². The summed E-state index contributed by atoms with van der Waals surface area (Å²) in [4.78, 5) is 11.6. The molecule has 1 aliphatic rings. The van der Waals surface area contributed by atoms with Crippen LogP contribution in [-0.4, -0.2) is 26.6 Å². The number of hydrogen-bond acceptors (Lipinski definition) is 3. The summed E-state index contributed by atoms with van der Waals surface area (Å²) in [6.45, 7) is 2.53. The summed E-state index contributed by atoms with van der Waals surface area (Å²) in [6, 6.07) is 7.35. The van der Waals surface area contributed by atoms with Crippen molar-refractivity contribution in [3.05, 3.63) is 35.4 Å². The lowest BCUT2D eigenvalue weighted by Crippen LogP contribution is -2.32. The molecule has 4 nitrogen and oxygen atoms in total. The number of amides is 1. The average Bonchev–Trinajstić information content (AvgIpc) is 3.08. The van der Waals surface area contributed by atoms with Crippen LogP contribution in [0.2, 0.25) is 0 Å². The summed E-state index contributed by atoms with van der Waals surface area (Å²) in [7, 11) is -3.39. The number of carbonyl (C=O) groups excluding carboxylic acids is 1. The van der Waals surface area contributed by atoms with Crippen molar-refractivity contribution in [2.24, 2.45) is 5.92 Å². The fourth-order valence-corrected chi connectivity index (χ4v) is 3.23. The molecule has 1 saturated carbocycles. The molecule has 5 heteroatoms. The fraction of sp³-hybridized carbons (Fsp3) is 0.500. The molecule has 0 radical (unpaired) electrons. The highest BCUT2D eigenvalue weighted by Gasteiger charge is 2.23. The summed E-state index contributed by atoms with van der Waals surface area (Å²) in [5.74, 6) is -0.331. The first-order chi connectivity index (χ1) is 8.94. The van der Waals surface area contributed by atoms with Gasteiger partial charge in [-0.15, -0.1) is 0 Å². The largest absolute Gasteiger partial charge is 0.355 e. The number of aryl methyl sites for hydroxylation is 1. The third kappa shape index (κ3) is 5.03. The van der Waals surface area contributed by atoms with Crippen molar-refractivity contribution in [3.8, 4) is 0 Å². The van der Waals surface area contributed by atoms with Gasteiger partial charge >= 0.3 is 0 Å². The van der Waals surface area contributed by atoms with Crippen molar-refractivity contribution in [2.75, 3.05) is 12.3 Å². The molecule has 0 saturated heterocycles. The summed E-state index contributed by atoms with van der Waals surface area (Å²) >= 11 is 0. The van der Waals surface area contributed by atoms with Crippen molar-refractivity contribution < 1.29 is 13.2 Å². The van der Waals surface area contributed by atoms with Crippen LogP contribution in [0.4, 0.5) is 0 Å². The van der Waals surface area contributed by atoms with Gasteiger partial charge in [-0.2, -0.15) is 0 Å². The third-order valence-electron chi connectivity index (χ3n) is 3.10. The first-order valence-electron chi connectivity index (χ1n) is 6.47. The maximum Gasteiger partial charge on any atom is 0.235 e. The molecule has 1 N–H and O–H groups in total. The van der Waals surface area contributed by atoms with Gasteiger partial charge in [0.1, 0.15) is 5.75 Å². The topological polar surface area (TPSA) is 63.2 Å². The highest BCUT2D eigenvalue weighted by molar-refractivity contribution is 7.91. The lowest BCUT2D eigenvalue weighted by molar-refractivity contribution is -0.118. The Labute approximate surface area is 114 Å². The first-order valence-corrected chi connectivity index (χ1v) is 8.29. The number of nitrogens with one attached hydrogen (secondary N) is 1. The van der Waals surface area contributed by atoms with Gasteiger partial charge in [-0.25, -0.2) is 8.42 Å². The summed E-state index contributed by atoms with van der Waals surface area (Å²) in [5.41, 5.74) is 1.75. The van der Waals surface area contributed by atoms with E-state index < -0.39 is 15.6 Å². The van der Waals surface area contributed by atoms with E-state index in [1.807, 2.05) is 25.1 Å². The second-order valence-corrected chi connectivity index (χ2v) is 7.33. The molecular weight excluding hydrogens is 262 g/mol. The Hall–Kier alpha value is -1.36. The fourth-order valence-electron chi connectivity index (χ4n) is 1.94. The Morgan fingerprint density at radius 1 is 1.37 bits per heavy atom. The number of rotatable bonds is 6. The van der Waals surface area contributed by atoms with Crippen LogP contribution >= 0.6 is 0 Å². The maximum absolute atomic E-state index is 11.9. The van der Waals surface area contributed by atoms with Crippen LogP contribution in [0.3, 0.4) is 0 Å². The quantitative estimate of drug-likeness (QED) is 0.858. The highest BCUT2D eigenvalue weighted by atomic mass is 32.2. The van der Waals surface area contributed by atoms with Gasteiger partial charge in [0.05, 0.1) is 5.75 Å². The molecule has 0 atom stereocenters. The molecule has 1 aromatic rings. The second kappa shape index (κ2) is 5.74. The van der Waals surface area contributed by atoms with E-state index in [0.29, 0.717) is 12.5 Å². The van der Waals surface area contributed by atoms with Gasteiger partial charge in [-0.05, 0) is 31.2 Å². The minimum atomic E-state index is -3.39. The van der Waals surface area contributed by atoms with Gasteiger partial charge in [0.2, 0.25) is 5.91 Å². The zero-order valence-corrected chi connectivity index (χ0v) is 11.9. The van der Waals surface area contributed by atoms with Gasteiger partial charge in [0.25, 0.3) is 0 Å². The van der Waals surface area contributed by atoms with Crippen LogP contribution < -0.4 is 5.32 Å². The number of benzene rings is 1. The summed E-state index contributed by atoms with van der Waals surface area (Å²) in [6.07, 6.45) is 2.27. The van der Waals surface area contributed by atoms with E-state index in [1.165, 1.54) is 0 Å². The van der Waals surface area contributed by atoms with Crippen molar-refractivity contribution in [1.29, 1.82) is 0 Å². The van der Waals surface area contributed by atoms with Crippen LogP contribution in [0.1, 0.15) is 24.0 Å². The summed E-state index contributed by atoms with van der Waals surface area (Å²) < 4.78 is 23.8. The van der Waals surface area contributed by atoms with Crippen molar-refractivity contribution in [1.82, 2.24) is 5.32 Å². The molecule has 1 aliphatic carbocycles. The average molecular weight is 281 g/mol. The van der Waals surface area contributed by atoms with Gasteiger partial charge in [-0.3, -0.25) is 4.79 Å². The van der Waals surface area contributed by atoms with E-state index in [-0.39, 0.29) is 11.7 Å². The Kier molecular flexibility index (Phi) is 4.24. The molecule has 0 spiro atoms. The van der Waals surface area contributed by atoms with Gasteiger partial charge < -0.3 is 5.32 Å². The van der Waals surface area contributed by atoms with Crippen LogP contribution in [0.15, 0.2) is 24.3 Å². The van der Waals surface area contributed by atoms with Crippen molar-refractivity contribution >= 4 is 15.7 Å². The van der Waals surface area contributed by atoms with E-state index in [2.05, 4.69) is 5.32 Å². The molecule has 0 bridgehead atoms. The van der Waals surface area contributed by atoms with E-state index in [4.69, 9.17) is 0 Å². The standard InChI is InChI=1S/C14H19NO3S/c1-11-3-2-4-13(7-11)9-19(17,18)10-14(16)15-8-12-5-6-12/h2-4,7,12H,5-6,8-10H2,1H3,(H,15,16). The Balaban J connectivity index is 1.88. The van der Waals surface area contributed by atoms with Crippen LogP contribution in [0.25, 0.3) is 0 Å². The predicted molar refractivity (Wildman–Crippen MR) is 74.4 cm³/mol. The molecule has 0 aromatic heterocycles. The molecule has 19 heavy (non-hydrogen) atoms. The van der Waals surface area contributed by atoms with E-state index in [0.717, 1.165) is 24.0 Å². The highest BCUT2D eigenvalue weighted by Crippen LogP contribution is 2.27. The van der Waals surface area contributed by atoms with E-state index in [9.17, 15) is 13.2 Å². The van der Waals surface area contributed by atoms with E-state index >= 15 is 0 Å². The van der Waals surface area contributed by atoms with Gasteiger partial charge in [-0.1, -0.05) is 29.8 Å². The molecule has 2 rings (SSSR count). The molecule has 1 fully saturated rings. The normalized spacial score (nSPS) is 15.2. The van der Waals surface area contributed by atoms with Crippen LogP contribution in [0.5, 0.6) is 0 Å². The van der Waals surface area contributed by atoms with Gasteiger partial charge in [0.15, 0.2) is 9.84 Å². The molecule has 0 aliphatic heterocycles. The Morgan fingerprint density at radius 3 is 2.74 bits per heavy atom. The first kappa shape index (κ1) is 14.1.